The molecule has 1 amide bonds. The Kier molecular flexibility index (Phi) is 3.92. The number of carbonyl (C=O) groups is 1. The summed E-state index contributed by atoms with van der Waals surface area (Å²) < 4.78 is 1.96. The maximum absolute atomic E-state index is 12.2. The Hall–Kier alpha value is -2.62. The summed E-state index contributed by atoms with van der Waals surface area (Å²) in [5.74, 6) is 0.0258. The van der Waals surface area contributed by atoms with E-state index >= 15 is 0 Å². The van der Waals surface area contributed by atoms with E-state index in [2.05, 4.69) is 29.4 Å². The lowest BCUT2D eigenvalue weighted by Gasteiger charge is -2.05. The summed E-state index contributed by atoms with van der Waals surface area (Å²) in [6.07, 6.45) is 4.11. The number of hydrogen-bond acceptors (Lipinski definition) is 2. The molecule has 0 bridgehead atoms. The van der Waals surface area contributed by atoms with Gasteiger partial charge in [-0.1, -0.05) is 29.8 Å². The van der Waals surface area contributed by atoms with E-state index in [0.29, 0.717) is 13.0 Å². The number of amides is 1. The average molecular weight is 293 g/mol. The number of fused-ring (bicyclic) bond motifs is 1. The third-order valence-electron chi connectivity index (χ3n) is 3.74. The zero-order valence-electron chi connectivity index (χ0n) is 12.8. The molecule has 0 radical (unpaired) electrons. The first-order valence-corrected chi connectivity index (χ1v) is 7.34. The third-order valence-corrected chi connectivity index (χ3v) is 3.74. The van der Waals surface area contributed by atoms with E-state index in [0.717, 1.165) is 22.2 Å². The van der Waals surface area contributed by atoms with E-state index in [1.165, 1.54) is 5.56 Å². The van der Waals surface area contributed by atoms with Crippen LogP contribution >= 0.6 is 0 Å². The van der Waals surface area contributed by atoms with Gasteiger partial charge in [0.2, 0.25) is 5.91 Å². The van der Waals surface area contributed by atoms with Crippen LogP contribution in [0.2, 0.25) is 0 Å². The molecule has 112 valence electrons. The first-order valence-electron chi connectivity index (χ1n) is 7.34. The van der Waals surface area contributed by atoms with Gasteiger partial charge in [0.25, 0.3) is 0 Å². The molecule has 0 unspecified atom stereocenters. The van der Waals surface area contributed by atoms with Crippen molar-refractivity contribution >= 4 is 16.9 Å². The first-order chi connectivity index (χ1) is 10.6. The van der Waals surface area contributed by atoms with E-state index in [1.54, 1.807) is 6.20 Å². The fourth-order valence-corrected chi connectivity index (χ4v) is 2.69. The number of pyridine rings is 1. The summed E-state index contributed by atoms with van der Waals surface area (Å²) in [6, 6.07) is 12.1. The fourth-order valence-electron chi connectivity index (χ4n) is 2.69. The van der Waals surface area contributed by atoms with Crippen LogP contribution < -0.4 is 5.32 Å². The molecule has 3 rings (SSSR count). The summed E-state index contributed by atoms with van der Waals surface area (Å²) in [5.41, 5.74) is 4.23. The Morgan fingerprint density at radius 2 is 2.14 bits per heavy atom. The van der Waals surface area contributed by atoms with Gasteiger partial charge in [-0.15, -0.1) is 0 Å². The van der Waals surface area contributed by atoms with Crippen molar-refractivity contribution in [2.45, 2.75) is 19.9 Å². The first kappa shape index (κ1) is 14.3. The lowest BCUT2D eigenvalue weighted by atomic mass is 10.1. The van der Waals surface area contributed by atoms with Gasteiger partial charge in [-0.3, -0.25) is 4.79 Å². The van der Waals surface area contributed by atoms with E-state index in [1.807, 2.05) is 42.1 Å². The van der Waals surface area contributed by atoms with Crippen molar-refractivity contribution in [3.05, 3.63) is 65.5 Å². The predicted molar refractivity (Wildman–Crippen MR) is 87.4 cm³/mol. The van der Waals surface area contributed by atoms with E-state index in [9.17, 15) is 4.79 Å². The Labute approximate surface area is 129 Å². The van der Waals surface area contributed by atoms with Gasteiger partial charge >= 0.3 is 0 Å². The highest BCUT2D eigenvalue weighted by Gasteiger charge is 2.11. The number of rotatable bonds is 4. The number of aryl methyl sites for hydroxylation is 2. The van der Waals surface area contributed by atoms with Crippen molar-refractivity contribution in [1.29, 1.82) is 0 Å². The van der Waals surface area contributed by atoms with Crippen molar-refractivity contribution < 1.29 is 4.79 Å². The van der Waals surface area contributed by atoms with Gasteiger partial charge in [0.05, 0.1) is 6.42 Å². The zero-order valence-corrected chi connectivity index (χ0v) is 12.8. The second kappa shape index (κ2) is 6.02. The smallest absolute Gasteiger partial charge is 0.224 e. The normalized spacial score (nSPS) is 10.8. The molecule has 2 aromatic heterocycles. The van der Waals surface area contributed by atoms with Crippen LogP contribution in [-0.2, 0) is 24.8 Å². The molecule has 1 aromatic carbocycles. The number of benzene rings is 1. The molecule has 3 aromatic rings. The van der Waals surface area contributed by atoms with Crippen LogP contribution in [0.15, 0.2) is 48.8 Å². The van der Waals surface area contributed by atoms with Crippen molar-refractivity contribution in [3.63, 3.8) is 0 Å². The second-order valence-corrected chi connectivity index (χ2v) is 5.58. The number of nitrogens with zero attached hydrogens (tertiary/aromatic N) is 2. The van der Waals surface area contributed by atoms with E-state index in [-0.39, 0.29) is 5.91 Å². The molecule has 0 saturated carbocycles. The van der Waals surface area contributed by atoms with Gasteiger partial charge in [-0.2, -0.15) is 0 Å². The molecular weight excluding hydrogens is 274 g/mol. The SMILES string of the molecule is Cc1cccc(CNC(=O)Cc2cn(C)c3ncccc23)c1. The molecule has 4 nitrogen and oxygen atoms in total. The molecule has 0 aliphatic carbocycles. The Morgan fingerprint density at radius 3 is 2.95 bits per heavy atom. The summed E-state index contributed by atoms with van der Waals surface area (Å²) in [6.45, 7) is 2.61. The maximum atomic E-state index is 12.2. The van der Waals surface area contributed by atoms with E-state index < -0.39 is 0 Å². The molecule has 0 fully saturated rings. The quantitative estimate of drug-likeness (QED) is 0.804. The molecule has 0 atom stereocenters. The van der Waals surface area contributed by atoms with Gasteiger partial charge in [0.1, 0.15) is 5.65 Å². The van der Waals surface area contributed by atoms with Crippen LogP contribution in [0, 0.1) is 6.92 Å². The highest BCUT2D eigenvalue weighted by molar-refractivity contribution is 5.87. The molecule has 0 aliphatic heterocycles. The molecule has 0 aliphatic rings. The molecule has 0 saturated heterocycles. The number of hydrogen-bond donors (Lipinski definition) is 1. The summed E-state index contributed by atoms with van der Waals surface area (Å²) in [7, 11) is 1.95. The van der Waals surface area contributed by atoms with Gasteiger partial charge in [-0.05, 0) is 30.2 Å². The number of aromatic nitrogens is 2. The Bertz CT molecular complexity index is 820. The largest absolute Gasteiger partial charge is 0.352 e. The van der Waals surface area contributed by atoms with Crippen LogP contribution in [0.4, 0.5) is 0 Å². The predicted octanol–water partition coefficient (Wildman–Crippen LogP) is 2.74. The highest BCUT2D eigenvalue weighted by atomic mass is 16.1. The van der Waals surface area contributed by atoms with Crippen LogP contribution in [0.5, 0.6) is 0 Å². The Morgan fingerprint density at radius 1 is 1.27 bits per heavy atom. The molecule has 1 N–H and O–H groups in total. The van der Waals surface area contributed by atoms with Crippen LogP contribution in [0.25, 0.3) is 11.0 Å². The number of carbonyl (C=O) groups excluding carboxylic acids is 1. The third kappa shape index (κ3) is 3.01. The van der Waals surface area contributed by atoms with Crippen LogP contribution in [0.3, 0.4) is 0 Å². The standard InChI is InChI=1S/C18H19N3O/c1-13-5-3-6-14(9-13)11-20-17(22)10-15-12-21(2)18-16(15)7-4-8-19-18/h3-9,12H,10-11H2,1-2H3,(H,20,22). The van der Waals surface area contributed by atoms with Crippen molar-refractivity contribution in [2.75, 3.05) is 0 Å². The topological polar surface area (TPSA) is 46.9 Å². The van der Waals surface area contributed by atoms with Crippen molar-refractivity contribution in [3.8, 4) is 0 Å². The Balaban J connectivity index is 1.68. The van der Waals surface area contributed by atoms with Crippen molar-refractivity contribution in [2.24, 2.45) is 7.05 Å². The molecule has 0 spiro atoms. The minimum Gasteiger partial charge on any atom is -0.352 e. The zero-order chi connectivity index (χ0) is 15.5. The van der Waals surface area contributed by atoms with Gasteiger partial charge in [-0.25, -0.2) is 4.98 Å². The molecule has 22 heavy (non-hydrogen) atoms. The monoisotopic (exact) mass is 293 g/mol. The number of nitrogens with one attached hydrogen (secondary N) is 1. The molecular formula is C18H19N3O. The van der Waals surface area contributed by atoms with Gasteiger partial charge in [0, 0.05) is 31.4 Å². The minimum absolute atomic E-state index is 0.0258. The van der Waals surface area contributed by atoms with E-state index in [4.69, 9.17) is 0 Å². The summed E-state index contributed by atoms with van der Waals surface area (Å²) in [4.78, 5) is 16.5. The fraction of sp³-hybridized carbons (Fsp3) is 0.222. The minimum atomic E-state index is 0.0258. The van der Waals surface area contributed by atoms with Crippen LogP contribution in [0.1, 0.15) is 16.7 Å². The summed E-state index contributed by atoms with van der Waals surface area (Å²) in [5, 5.41) is 4.02. The summed E-state index contributed by atoms with van der Waals surface area (Å²) >= 11 is 0. The second-order valence-electron chi connectivity index (χ2n) is 5.58. The van der Waals surface area contributed by atoms with Gasteiger partial charge in [0.15, 0.2) is 0 Å². The maximum Gasteiger partial charge on any atom is 0.224 e. The molecule has 4 heteroatoms. The van der Waals surface area contributed by atoms with Gasteiger partial charge < -0.3 is 9.88 Å². The average Bonchev–Trinajstić information content (AvgIpc) is 2.82. The highest BCUT2D eigenvalue weighted by Crippen LogP contribution is 2.18. The lowest BCUT2D eigenvalue weighted by molar-refractivity contribution is -0.120. The molecule has 2 heterocycles. The lowest BCUT2D eigenvalue weighted by Crippen LogP contribution is -2.24. The van der Waals surface area contributed by atoms with Crippen molar-refractivity contribution in [1.82, 2.24) is 14.9 Å². The van der Waals surface area contributed by atoms with Crippen LogP contribution in [-0.4, -0.2) is 15.5 Å².